The van der Waals surface area contributed by atoms with Gasteiger partial charge in [0.2, 0.25) is 17.7 Å². The number of hydrogen-bond acceptors (Lipinski definition) is 9. The highest BCUT2D eigenvalue weighted by Crippen LogP contribution is 2.37. The number of piperazine rings is 1. The van der Waals surface area contributed by atoms with Gasteiger partial charge in [0.1, 0.15) is 23.5 Å². The van der Waals surface area contributed by atoms with Crippen molar-refractivity contribution < 1.29 is 28.6 Å². The van der Waals surface area contributed by atoms with Gasteiger partial charge < -0.3 is 29.7 Å². The molecule has 0 aliphatic carbocycles. The molecule has 238 valence electrons. The third-order valence-electron chi connectivity index (χ3n) is 8.33. The number of methoxy groups -OCH3 is 1. The van der Waals surface area contributed by atoms with Crippen LogP contribution in [-0.2, 0) is 40.4 Å². The molecule has 0 saturated carbocycles. The van der Waals surface area contributed by atoms with Crippen molar-refractivity contribution >= 4 is 17.7 Å². The van der Waals surface area contributed by atoms with Gasteiger partial charge in [-0.2, -0.15) is 0 Å². The summed E-state index contributed by atoms with van der Waals surface area (Å²) < 4.78 is 19.1. The third-order valence-corrected chi connectivity index (χ3v) is 8.33. The van der Waals surface area contributed by atoms with E-state index in [0.717, 1.165) is 17.5 Å². The predicted molar refractivity (Wildman–Crippen MR) is 163 cm³/mol. The van der Waals surface area contributed by atoms with Crippen molar-refractivity contribution in [1.29, 1.82) is 0 Å². The predicted octanol–water partition coefficient (Wildman–Crippen LogP) is 1.30. The van der Waals surface area contributed by atoms with Gasteiger partial charge in [-0.1, -0.05) is 35.5 Å². The Labute approximate surface area is 261 Å². The quantitative estimate of drug-likeness (QED) is 0.434. The van der Waals surface area contributed by atoms with Crippen molar-refractivity contribution in [1.82, 2.24) is 35.4 Å². The van der Waals surface area contributed by atoms with E-state index in [9.17, 15) is 14.4 Å². The lowest BCUT2D eigenvalue weighted by atomic mass is 10.0. The normalized spacial score (nSPS) is 21.4. The van der Waals surface area contributed by atoms with E-state index in [1.807, 2.05) is 42.5 Å². The van der Waals surface area contributed by atoms with Crippen LogP contribution < -0.4 is 24.8 Å². The molecule has 2 bridgehead atoms. The van der Waals surface area contributed by atoms with Crippen LogP contribution in [-0.4, -0.2) is 94.6 Å². The molecular formula is C32H39N7O6. The van der Waals surface area contributed by atoms with Crippen LogP contribution in [0.4, 0.5) is 0 Å². The summed E-state index contributed by atoms with van der Waals surface area (Å²) in [5.41, 5.74) is 2.42. The molecule has 4 heterocycles. The second-order valence-electron chi connectivity index (χ2n) is 11.5. The molecule has 3 aliphatic rings. The topological polar surface area (TPSA) is 140 Å². The zero-order chi connectivity index (χ0) is 31.2. The van der Waals surface area contributed by atoms with Gasteiger partial charge in [0.05, 0.1) is 33.1 Å². The van der Waals surface area contributed by atoms with Crippen LogP contribution in [0.2, 0.25) is 0 Å². The summed E-state index contributed by atoms with van der Waals surface area (Å²) >= 11 is 0. The van der Waals surface area contributed by atoms with Gasteiger partial charge in [0.25, 0.3) is 0 Å². The molecule has 0 radical (unpaired) electrons. The highest BCUT2D eigenvalue weighted by Gasteiger charge is 2.39. The molecule has 1 saturated heterocycles. The number of carbonyl (C=O) groups is 3. The van der Waals surface area contributed by atoms with Crippen LogP contribution in [0.25, 0.3) is 0 Å². The molecule has 6 rings (SSSR count). The molecule has 2 N–H and O–H groups in total. The Morgan fingerprint density at radius 3 is 2.60 bits per heavy atom. The fourth-order valence-electron chi connectivity index (χ4n) is 6.00. The largest absolute Gasteiger partial charge is 0.496 e. The van der Waals surface area contributed by atoms with Crippen LogP contribution >= 0.6 is 0 Å². The van der Waals surface area contributed by atoms with Gasteiger partial charge in [-0.25, -0.2) is 0 Å². The minimum Gasteiger partial charge on any atom is -0.496 e. The number of ether oxygens (including phenoxy) is 3. The lowest BCUT2D eigenvalue weighted by Gasteiger charge is -2.42. The molecule has 2 atom stereocenters. The Bertz CT molecular complexity index is 1510. The number of aromatic nitrogens is 3. The maximum Gasteiger partial charge on any atom is 0.246 e. The number of aryl methyl sites for hydroxylation is 1. The summed E-state index contributed by atoms with van der Waals surface area (Å²) in [7, 11) is 1.62. The van der Waals surface area contributed by atoms with E-state index in [0.29, 0.717) is 75.2 Å². The number of hydrogen-bond donors (Lipinski definition) is 2. The molecule has 0 spiro atoms. The molecule has 3 aliphatic heterocycles. The Kier molecular flexibility index (Phi) is 9.44. The number of amides is 3. The van der Waals surface area contributed by atoms with Crippen LogP contribution in [0.3, 0.4) is 0 Å². The molecule has 3 amide bonds. The molecule has 45 heavy (non-hydrogen) atoms. The summed E-state index contributed by atoms with van der Waals surface area (Å²) in [4.78, 5) is 44.8. The molecule has 3 aromatic rings. The highest BCUT2D eigenvalue weighted by atomic mass is 16.5. The van der Waals surface area contributed by atoms with Crippen LogP contribution in [0.1, 0.15) is 36.1 Å². The first-order valence-corrected chi connectivity index (χ1v) is 15.5. The van der Waals surface area contributed by atoms with Crippen molar-refractivity contribution in [3.8, 4) is 17.2 Å². The number of carbonyl (C=O) groups excluding carboxylic acids is 3. The summed E-state index contributed by atoms with van der Waals surface area (Å²) in [6, 6.07) is 11.8. The van der Waals surface area contributed by atoms with Crippen molar-refractivity contribution in [2.24, 2.45) is 0 Å². The minimum absolute atomic E-state index is 0.179. The van der Waals surface area contributed by atoms with Gasteiger partial charge in [-0.3, -0.25) is 24.0 Å². The summed E-state index contributed by atoms with van der Waals surface area (Å²) in [6.07, 6.45) is 3.65. The fourth-order valence-corrected chi connectivity index (χ4v) is 6.00. The van der Waals surface area contributed by atoms with E-state index in [1.54, 1.807) is 22.9 Å². The van der Waals surface area contributed by atoms with E-state index in [1.165, 1.54) is 0 Å². The van der Waals surface area contributed by atoms with Gasteiger partial charge in [0.15, 0.2) is 11.5 Å². The van der Waals surface area contributed by atoms with E-state index < -0.39 is 12.1 Å². The fraction of sp³-hybridized carbons (Fsp3) is 0.469. The molecular weight excluding hydrogens is 578 g/mol. The van der Waals surface area contributed by atoms with Crippen LogP contribution in [0.15, 0.2) is 48.7 Å². The summed E-state index contributed by atoms with van der Waals surface area (Å²) in [6.45, 7) is 3.41. The third kappa shape index (κ3) is 7.36. The lowest BCUT2D eigenvalue weighted by Crippen LogP contribution is -2.63. The molecule has 2 aromatic carbocycles. The first kappa shape index (κ1) is 30.4. The Hall–Kier alpha value is -4.65. The average molecular weight is 618 g/mol. The zero-order valence-electron chi connectivity index (χ0n) is 25.4. The maximum atomic E-state index is 14.2. The minimum atomic E-state index is -0.814. The van der Waals surface area contributed by atoms with Crippen molar-refractivity contribution in [2.75, 3.05) is 40.0 Å². The van der Waals surface area contributed by atoms with Gasteiger partial charge >= 0.3 is 0 Å². The zero-order valence-corrected chi connectivity index (χ0v) is 25.4. The molecule has 13 nitrogen and oxygen atoms in total. The lowest BCUT2D eigenvalue weighted by molar-refractivity contribution is -0.146. The van der Waals surface area contributed by atoms with Crippen molar-refractivity contribution in [3.05, 3.63) is 65.5 Å². The van der Waals surface area contributed by atoms with E-state index >= 15 is 0 Å². The van der Waals surface area contributed by atoms with Crippen LogP contribution in [0.5, 0.6) is 17.2 Å². The first-order valence-electron chi connectivity index (χ1n) is 15.5. The molecule has 1 fully saturated rings. The average Bonchev–Trinajstić information content (AvgIpc) is 3.38. The van der Waals surface area contributed by atoms with E-state index in [-0.39, 0.29) is 37.2 Å². The van der Waals surface area contributed by atoms with E-state index in [2.05, 4.69) is 25.8 Å². The number of benzene rings is 2. The second kappa shape index (κ2) is 14.0. The second-order valence-corrected chi connectivity index (χ2v) is 11.5. The van der Waals surface area contributed by atoms with Crippen molar-refractivity contribution in [2.45, 2.75) is 57.4 Å². The monoisotopic (exact) mass is 617 g/mol. The Morgan fingerprint density at radius 1 is 1.00 bits per heavy atom. The van der Waals surface area contributed by atoms with Gasteiger partial charge in [0, 0.05) is 63.6 Å². The van der Waals surface area contributed by atoms with Crippen molar-refractivity contribution in [3.63, 3.8) is 0 Å². The first-order chi connectivity index (χ1) is 22.0. The molecule has 1 aromatic heterocycles. The Balaban J connectivity index is 1.27. The number of rotatable bonds is 5. The maximum absolute atomic E-state index is 14.2. The van der Waals surface area contributed by atoms with Gasteiger partial charge in [-0.05, 0) is 18.1 Å². The highest BCUT2D eigenvalue weighted by molar-refractivity contribution is 5.92. The molecule has 0 unspecified atom stereocenters. The standard InChI is InChI=1S/C32H39N7O6/c1-43-27-17-29-28(44-13-6-14-45-29)16-23(27)19-37-11-12-39-26(21-37)31(41)33-18-24-20-38(36-35-24)10-5-9-30(40)34-25(32(39)42)15-22-7-3-2-4-8-22/h2-4,7-8,16-17,20,25-26H,5-6,9-15,18-19,21H2,1H3,(H,33,41)(H,34,40)/t25-,26+/m0/s1. The smallest absolute Gasteiger partial charge is 0.246 e. The summed E-state index contributed by atoms with van der Waals surface area (Å²) in [5.74, 6) is 1.18. The van der Waals surface area contributed by atoms with E-state index in [4.69, 9.17) is 14.2 Å². The molecule has 13 heteroatoms. The van der Waals surface area contributed by atoms with Gasteiger partial charge in [-0.15, -0.1) is 5.10 Å². The Morgan fingerprint density at radius 2 is 1.80 bits per heavy atom. The van der Waals surface area contributed by atoms with Crippen LogP contribution in [0, 0.1) is 0 Å². The summed E-state index contributed by atoms with van der Waals surface area (Å²) in [5, 5.41) is 14.2. The SMILES string of the molecule is COc1cc2c(cc1CN1CCN3C(=O)[C@H](Cc4ccccc4)NC(=O)CCCn4cc(nn4)CNC(=O)[C@H]3C1)OCCCO2. The number of nitrogens with one attached hydrogen (secondary N) is 2. The number of fused-ring (bicyclic) bond motifs is 4. The number of nitrogens with zero attached hydrogens (tertiary/aromatic N) is 5.